The molecule has 52 heavy (non-hydrogen) atoms. The Morgan fingerprint density at radius 3 is 2.65 bits per heavy atom. The summed E-state index contributed by atoms with van der Waals surface area (Å²) in [5, 5.41) is 4.75. The molecular formula is C34H30F4N10O4. The van der Waals surface area contributed by atoms with Crippen molar-refractivity contribution in [2.45, 2.75) is 44.8 Å². The van der Waals surface area contributed by atoms with Gasteiger partial charge in [0.15, 0.2) is 11.4 Å². The standard InChI is InChI=1S/C34H30F4N10O4/c1-17-43-25-9-19(36)8-22-24-6-7-39-34(44-24)51-20-11-27(32(49)45(2)13-21(50-3)15-46(17)29(22)25)47(14-20)30-23-12-42-48(31(23)41-16-40-30)26-5-4-18(35)10-28(26)52-33(37)38/h4-10,12,16,20-21,27,33H,11,13-15H2,1-3H3/t20-,21+,27-/m0/s1. The summed E-state index contributed by atoms with van der Waals surface area (Å²) in [6.45, 7) is -0.739. The number of likely N-dealkylation sites (N-methyl/N-ethyl adjacent to an activating group) is 1. The number of anilines is 1. The highest BCUT2D eigenvalue weighted by Gasteiger charge is 2.42. The first-order valence-corrected chi connectivity index (χ1v) is 16.2. The number of hydrogen-bond acceptors (Lipinski definition) is 11. The number of aromatic nitrogens is 8. The van der Waals surface area contributed by atoms with Crippen LogP contribution in [0.2, 0.25) is 0 Å². The molecule has 0 saturated carbocycles. The molecule has 4 aromatic heterocycles. The van der Waals surface area contributed by atoms with Gasteiger partial charge in [-0.2, -0.15) is 18.9 Å². The molecule has 0 radical (unpaired) electrons. The summed E-state index contributed by atoms with van der Waals surface area (Å²) in [6, 6.07) is 6.82. The summed E-state index contributed by atoms with van der Waals surface area (Å²) in [5.41, 5.74) is 2.23. The highest BCUT2D eigenvalue weighted by Crippen LogP contribution is 2.36. The number of nitrogens with zero attached hydrogens (tertiary/aromatic N) is 10. The van der Waals surface area contributed by atoms with Crippen LogP contribution in [0.5, 0.6) is 11.8 Å². The van der Waals surface area contributed by atoms with Crippen molar-refractivity contribution < 1.29 is 36.6 Å². The van der Waals surface area contributed by atoms with Gasteiger partial charge in [0.05, 0.1) is 47.5 Å². The van der Waals surface area contributed by atoms with Crippen LogP contribution in [0.15, 0.2) is 55.1 Å². The van der Waals surface area contributed by atoms with Crippen LogP contribution in [-0.4, -0.2) is 102 Å². The topological polar surface area (TPSA) is 138 Å². The number of methoxy groups -OCH3 is 1. The SMILES string of the molecule is CO[C@@H]1CN(C)C(=O)[C@@H]2C[C@@H](CN2c2ncnc3c2cnn3-c2ccc(F)cc2OC(F)F)Oc2nccc(n2)-c2cc(F)cc3nc(C)n(c23)C1. The summed E-state index contributed by atoms with van der Waals surface area (Å²) >= 11 is 0. The molecule has 2 aromatic carbocycles. The molecule has 268 valence electrons. The smallest absolute Gasteiger partial charge is 0.387 e. The molecule has 4 bridgehead atoms. The number of halogens is 4. The molecule has 2 aliphatic heterocycles. The molecular weight excluding hydrogens is 688 g/mol. The lowest BCUT2D eigenvalue weighted by molar-refractivity contribution is -0.133. The minimum absolute atomic E-state index is 0.0206. The maximum absolute atomic E-state index is 14.9. The molecule has 1 fully saturated rings. The Bertz CT molecular complexity index is 2340. The van der Waals surface area contributed by atoms with Crippen molar-refractivity contribution in [3.05, 3.63) is 72.6 Å². The predicted octanol–water partition coefficient (Wildman–Crippen LogP) is 4.32. The van der Waals surface area contributed by atoms with E-state index in [1.54, 1.807) is 30.0 Å². The quantitative estimate of drug-likeness (QED) is 0.236. The molecule has 18 heteroatoms. The molecule has 0 aliphatic carbocycles. The predicted molar refractivity (Wildman–Crippen MR) is 177 cm³/mol. The van der Waals surface area contributed by atoms with Crippen molar-refractivity contribution in [1.29, 1.82) is 0 Å². The Labute approximate surface area is 292 Å². The molecule has 6 heterocycles. The van der Waals surface area contributed by atoms with Gasteiger partial charge in [-0.25, -0.2) is 33.4 Å². The van der Waals surface area contributed by atoms with E-state index in [1.165, 1.54) is 41.6 Å². The molecule has 3 atom stereocenters. The van der Waals surface area contributed by atoms with Crippen LogP contribution >= 0.6 is 0 Å². The number of carbonyl (C=O) groups is 1. The Hall–Kier alpha value is -5.91. The fourth-order valence-corrected chi connectivity index (χ4v) is 6.97. The first-order valence-electron chi connectivity index (χ1n) is 16.2. The number of carbonyl (C=O) groups excluding carboxylic acids is 1. The molecule has 1 saturated heterocycles. The summed E-state index contributed by atoms with van der Waals surface area (Å²) in [7, 11) is 3.24. The van der Waals surface area contributed by atoms with Gasteiger partial charge < -0.3 is 28.6 Å². The van der Waals surface area contributed by atoms with Crippen LogP contribution in [0.4, 0.5) is 23.4 Å². The number of hydrogen-bond donors (Lipinski definition) is 0. The van der Waals surface area contributed by atoms with Gasteiger partial charge in [-0.05, 0) is 31.2 Å². The number of aryl methyl sites for hydroxylation is 1. The Morgan fingerprint density at radius 1 is 1.00 bits per heavy atom. The minimum atomic E-state index is -3.21. The van der Waals surface area contributed by atoms with Gasteiger partial charge in [-0.15, -0.1) is 0 Å². The summed E-state index contributed by atoms with van der Waals surface area (Å²) in [4.78, 5) is 40.1. The van der Waals surface area contributed by atoms with Crippen LogP contribution < -0.4 is 14.4 Å². The fraction of sp³-hybridized carbons (Fsp3) is 0.324. The monoisotopic (exact) mass is 718 g/mol. The number of rotatable bonds is 5. The van der Waals surface area contributed by atoms with Gasteiger partial charge in [0.25, 0.3) is 0 Å². The van der Waals surface area contributed by atoms with E-state index in [0.29, 0.717) is 45.9 Å². The third-order valence-corrected chi connectivity index (χ3v) is 9.28. The van der Waals surface area contributed by atoms with Gasteiger partial charge >= 0.3 is 12.6 Å². The number of ether oxygens (including phenoxy) is 3. The molecule has 14 nitrogen and oxygen atoms in total. The highest BCUT2D eigenvalue weighted by molar-refractivity contribution is 5.93. The first-order chi connectivity index (χ1) is 25.1. The van der Waals surface area contributed by atoms with Crippen LogP contribution in [0, 0.1) is 18.6 Å². The first kappa shape index (κ1) is 33.2. The Balaban J connectivity index is 1.21. The molecule has 6 aromatic rings. The third-order valence-electron chi connectivity index (χ3n) is 9.28. The van der Waals surface area contributed by atoms with Crippen LogP contribution in [0.1, 0.15) is 12.2 Å². The number of imidazole rings is 1. The normalized spacial score (nSPS) is 19.3. The second-order valence-corrected chi connectivity index (χ2v) is 12.5. The van der Waals surface area contributed by atoms with Crippen molar-refractivity contribution in [2.24, 2.45) is 0 Å². The zero-order chi connectivity index (χ0) is 36.3. The number of amides is 1. The third kappa shape index (κ3) is 5.87. The summed E-state index contributed by atoms with van der Waals surface area (Å²) < 4.78 is 75.4. The lowest BCUT2D eigenvalue weighted by atomic mass is 10.1. The molecule has 2 aliphatic rings. The van der Waals surface area contributed by atoms with E-state index >= 15 is 0 Å². The average Bonchev–Trinajstić information content (AvgIpc) is 3.82. The van der Waals surface area contributed by atoms with Crippen molar-refractivity contribution in [3.63, 3.8) is 0 Å². The van der Waals surface area contributed by atoms with Crippen LogP contribution in [0.3, 0.4) is 0 Å². The maximum atomic E-state index is 14.9. The summed E-state index contributed by atoms with van der Waals surface area (Å²) in [5.74, 6) is -0.999. The van der Waals surface area contributed by atoms with E-state index < -0.39 is 42.2 Å². The molecule has 8 rings (SSSR count). The van der Waals surface area contributed by atoms with E-state index in [2.05, 4.69) is 34.8 Å². The Kier molecular flexibility index (Phi) is 8.32. The Morgan fingerprint density at radius 2 is 1.85 bits per heavy atom. The minimum Gasteiger partial charge on any atom is -0.458 e. The van der Waals surface area contributed by atoms with Gasteiger partial charge in [0, 0.05) is 51.0 Å². The van der Waals surface area contributed by atoms with Gasteiger partial charge in [-0.1, -0.05) is 0 Å². The zero-order valence-corrected chi connectivity index (χ0v) is 28.0. The van der Waals surface area contributed by atoms with Crippen molar-refractivity contribution in [3.8, 4) is 28.7 Å². The average molecular weight is 719 g/mol. The lowest BCUT2D eigenvalue weighted by Gasteiger charge is -2.30. The number of fused-ring (bicyclic) bond motifs is 6. The fourth-order valence-electron chi connectivity index (χ4n) is 6.97. The van der Waals surface area contributed by atoms with Gasteiger partial charge in [-0.3, -0.25) is 4.79 Å². The van der Waals surface area contributed by atoms with Crippen molar-refractivity contribution in [1.82, 2.24) is 44.2 Å². The van der Waals surface area contributed by atoms with Crippen LogP contribution in [-0.2, 0) is 16.1 Å². The maximum Gasteiger partial charge on any atom is 0.387 e. The second kappa shape index (κ2) is 13.0. The molecule has 0 spiro atoms. The van der Waals surface area contributed by atoms with E-state index in [9.17, 15) is 22.4 Å². The van der Waals surface area contributed by atoms with E-state index in [0.717, 1.165) is 12.1 Å². The van der Waals surface area contributed by atoms with E-state index in [1.807, 2.05) is 11.5 Å². The molecule has 0 unspecified atom stereocenters. The highest BCUT2D eigenvalue weighted by atomic mass is 19.3. The van der Waals surface area contributed by atoms with E-state index in [4.69, 9.17) is 9.47 Å². The largest absolute Gasteiger partial charge is 0.458 e. The second-order valence-electron chi connectivity index (χ2n) is 12.5. The number of benzene rings is 2. The van der Waals surface area contributed by atoms with Gasteiger partial charge in [0.2, 0.25) is 5.91 Å². The number of alkyl halides is 2. The molecule has 1 amide bonds. The summed E-state index contributed by atoms with van der Waals surface area (Å²) in [6.07, 6.45) is 3.34. The van der Waals surface area contributed by atoms with Crippen LogP contribution in [0.25, 0.3) is 39.0 Å². The molecule has 0 N–H and O–H groups in total. The lowest BCUT2D eigenvalue weighted by Crippen LogP contribution is -2.47. The van der Waals surface area contributed by atoms with Crippen molar-refractivity contribution >= 4 is 33.8 Å². The van der Waals surface area contributed by atoms with E-state index in [-0.39, 0.29) is 42.8 Å². The van der Waals surface area contributed by atoms with Gasteiger partial charge in [0.1, 0.15) is 47.4 Å². The van der Waals surface area contributed by atoms with Crippen molar-refractivity contribution in [2.75, 3.05) is 32.1 Å². The zero-order valence-electron chi connectivity index (χ0n) is 28.0.